The summed E-state index contributed by atoms with van der Waals surface area (Å²) in [6.45, 7) is 9.83. The van der Waals surface area contributed by atoms with Crippen molar-refractivity contribution in [3.05, 3.63) is 0 Å². The number of nitrogens with one attached hydrogen (secondary N) is 2. The zero-order valence-corrected chi connectivity index (χ0v) is 13.8. The molecule has 0 radical (unpaired) electrons. The molecule has 0 aliphatic rings. The van der Waals surface area contributed by atoms with Gasteiger partial charge in [-0.15, -0.1) is 0 Å². The van der Waals surface area contributed by atoms with Crippen molar-refractivity contribution in [3.8, 4) is 0 Å². The van der Waals surface area contributed by atoms with Crippen LogP contribution in [0.15, 0.2) is 0 Å². The molecule has 0 saturated carbocycles. The molecule has 124 valence electrons. The molecule has 0 aromatic heterocycles. The van der Waals surface area contributed by atoms with Crippen molar-refractivity contribution in [2.24, 2.45) is 0 Å². The van der Waals surface area contributed by atoms with E-state index in [0.717, 1.165) is 19.3 Å². The van der Waals surface area contributed by atoms with Gasteiger partial charge >= 0.3 is 6.09 Å². The third-order valence-electron chi connectivity index (χ3n) is 2.40. The normalized spacial score (nSPS) is 11.0. The Morgan fingerprint density at radius 1 is 1.00 bits per heavy atom. The van der Waals surface area contributed by atoms with Crippen molar-refractivity contribution >= 4 is 12.0 Å². The van der Waals surface area contributed by atoms with E-state index in [1.165, 1.54) is 0 Å². The van der Waals surface area contributed by atoms with E-state index in [1.807, 2.05) is 27.7 Å². The summed E-state index contributed by atoms with van der Waals surface area (Å²) in [6, 6.07) is 0. The van der Waals surface area contributed by atoms with Crippen LogP contribution in [0.2, 0.25) is 0 Å². The van der Waals surface area contributed by atoms with Crippen LogP contribution in [-0.2, 0) is 14.3 Å². The number of carbonyl (C=O) groups excluding carboxylic acids is 2. The fourth-order valence-corrected chi connectivity index (χ4v) is 1.50. The lowest BCUT2D eigenvalue weighted by atomic mass is 10.2. The second-order valence-corrected chi connectivity index (χ2v) is 5.85. The molecule has 21 heavy (non-hydrogen) atoms. The van der Waals surface area contributed by atoms with Crippen molar-refractivity contribution in [1.29, 1.82) is 0 Å². The summed E-state index contributed by atoms with van der Waals surface area (Å²) in [5.41, 5.74) is -0.469. The van der Waals surface area contributed by atoms with Gasteiger partial charge in [0.1, 0.15) is 5.60 Å². The molecule has 0 aromatic carbocycles. The third kappa shape index (κ3) is 14.9. The SMILES string of the molecule is CCCC(=O)NCCCOCCCNC(=O)OC(C)(C)C. The molecule has 6 heteroatoms. The van der Waals surface area contributed by atoms with E-state index < -0.39 is 11.7 Å². The van der Waals surface area contributed by atoms with Gasteiger partial charge in [0.2, 0.25) is 5.91 Å². The van der Waals surface area contributed by atoms with Crippen LogP contribution in [0.3, 0.4) is 0 Å². The molecule has 0 aliphatic heterocycles. The Morgan fingerprint density at radius 3 is 2.10 bits per heavy atom. The van der Waals surface area contributed by atoms with E-state index in [0.29, 0.717) is 32.7 Å². The largest absolute Gasteiger partial charge is 0.444 e. The summed E-state index contributed by atoms with van der Waals surface area (Å²) >= 11 is 0. The van der Waals surface area contributed by atoms with E-state index >= 15 is 0 Å². The minimum atomic E-state index is -0.469. The molecule has 0 atom stereocenters. The van der Waals surface area contributed by atoms with Crippen LogP contribution in [0, 0.1) is 0 Å². The standard InChI is InChI=1S/C15H30N2O4/c1-5-8-13(18)16-9-6-11-20-12-7-10-17-14(19)21-15(2,3)4/h5-12H2,1-4H3,(H,16,18)(H,17,19). The molecule has 0 saturated heterocycles. The number of rotatable bonds is 10. The van der Waals surface area contributed by atoms with Gasteiger partial charge in [0.15, 0.2) is 0 Å². The van der Waals surface area contributed by atoms with E-state index in [1.54, 1.807) is 0 Å². The maximum atomic E-state index is 11.3. The first-order chi connectivity index (χ1) is 9.85. The Hall–Kier alpha value is -1.30. The van der Waals surface area contributed by atoms with Crippen LogP contribution >= 0.6 is 0 Å². The van der Waals surface area contributed by atoms with Gasteiger partial charge in [-0.25, -0.2) is 4.79 Å². The summed E-state index contributed by atoms with van der Waals surface area (Å²) in [4.78, 5) is 22.5. The molecule has 0 spiro atoms. The summed E-state index contributed by atoms with van der Waals surface area (Å²) in [6.07, 6.45) is 2.58. The molecule has 0 fully saturated rings. The van der Waals surface area contributed by atoms with Crippen molar-refractivity contribution in [2.45, 2.75) is 59.0 Å². The van der Waals surface area contributed by atoms with Gasteiger partial charge in [0.05, 0.1) is 0 Å². The highest BCUT2D eigenvalue weighted by atomic mass is 16.6. The Labute approximate surface area is 127 Å². The van der Waals surface area contributed by atoms with Crippen LogP contribution in [0.4, 0.5) is 4.79 Å². The molecule has 2 N–H and O–H groups in total. The molecule has 0 aromatic rings. The highest BCUT2D eigenvalue weighted by Gasteiger charge is 2.15. The minimum Gasteiger partial charge on any atom is -0.444 e. The molecule has 0 unspecified atom stereocenters. The molecule has 6 nitrogen and oxygen atoms in total. The van der Waals surface area contributed by atoms with Gasteiger partial charge in [0, 0.05) is 32.7 Å². The van der Waals surface area contributed by atoms with Crippen LogP contribution in [0.25, 0.3) is 0 Å². The minimum absolute atomic E-state index is 0.0964. The average Bonchev–Trinajstić information content (AvgIpc) is 2.35. The van der Waals surface area contributed by atoms with Gasteiger partial charge < -0.3 is 20.1 Å². The van der Waals surface area contributed by atoms with Gasteiger partial charge in [0.25, 0.3) is 0 Å². The highest BCUT2D eigenvalue weighted by Crippen LogP contribution is 2.06. The predicted molar refractivity (Wildman–Crippen MR) is 82.2 cm³/mol. The molecule has 0 heterocycles. The van der Waals surface area contributed by atoms with E-state index in [9.17, 15) is 9.59 Å². The number of hydrogen-bond acceptors (Lipinski definition) is 4. The summed E-state index contributed by atoms with van der Waals surface area (Å²) < 4.78 is 10.5. The average molecular weight is 302 g/mol. The fraction of sp³-hybridized carbons (Fsp3) is 0.867. The monoisotopic (exact) mass is 302 g/mol. The topological polar surface area (TPSA) is 76.7 Å². The molecule has 0 bridgehead atoms. The van der Waals surface area contributed by atoms with Crippen LogP contribution < -0.4 is 10.6 Å². The molecule has 0 aliphatic carbocycles. The first-order valence-corrected chi connectivity index (χ1v) is 7.66. The molecular weight excluding hydrogens is 272 g/mol. The summed E-state index contributed by atoms with van der Waals surface area (Å²) in [5, 5.41) is 5.50. The first-order valence-electron chi connectivity index (χ1n) is 7.66. The summed E-state index contributed by atoms with van der Waals surface area (Å²) in [5.74, 6) is 0.0964. The Bertz CT molecular complexity index is 301. The summed E-state index contributed by atoms with van der Waals surface area (Å²) in [7, 11) is 0. The smallest absolute Gasteiger partial charge is 0.407 e. The highest BCUT2D eigenvalue weighted by molar-refractivity contribution is 5.75. The number of carbonyl (C=O) groups is 2. The second kappa shape index (κ2) is 11.4. The fourth-order valence-electron chi connectivity index (χ4n) is 1.50. The number of amides is 2. The van der Waals surface area contributed by atoms with E-state index in [2.05, 4.69) is 10.6 Å². The Kier molecular flexibility index (Phi) is 10.7. The van der Waals surface area contributed by atoms with Gasteiger partial charge in [-0.2, -0.15) is 0 Å². The lowest BCUT2D eigenvalue weighted by molar-refractivity contribution is -0.121. The number of ether oxygens (including phenoxy) is 2. The Balaban J connectivity index is 3.30. The van der Waals surface area contributed by atoms with E-state index in [4.69, 9.17) is 9.47 Å². The van der Waals surface area contributed by atoms with Crippen molar-refractivity contribution in [1.82, 2.24) is 10.6 Å². The zero-order chi connectivity index (χ0) is 16.1. The third-order valence-corrected chi connectivity index (χ3v) is 2.40. The first kappa shape index (κ1) is 19.7. The zero-order valence-electron chi connectivity index (χ0n) is 13.8. The molecule has 2 amide bonds. The van der Waals surface area contributed by atoms with Gasteiger partial charge in [-0.05, 0) is 40.0 Å². The van der Waals surface area contributed by atoms with Gasteiger partial charge in [-0.1, -0.05) is 6.92 Å². The predicted octanol–water partition coefficient (Wildman–Crippen LogP) is 2.22. The molecular formula is C15H30N2O4. The number of alkyl carbamates (subject to hydrolysis) is 1. The van der Waals surface area contributed by atoms with Crippen molar-refractivity contribution < 1.29 is 19.1 Å². The quantitative estimate of drug-likeness (QED) is 0.607. The maximum absolute atomic E-state index is 11.3. The Morgan fingerprint density at radius 2 is 1.57 bits per heavy atom. The van der Waals surface area contributed by atoms with Crippen molar-refractivity contribution in [2.75, 3.05) is 26.3 Å². The number of hydrogen-bond donors (Lipinski definition) is 2. The van der Waals surface area contributed by atoms with Crippen LogP contribution in [0.1, 0.15) is 53.4 Å². The van der Waals surface area contributed by atoms with Gasteiger partial charge in [-0.3, -0.25) is 4.79 Å². The maximum Gasteiger partial charge on any atom is 0.407 e. The lowest BCUT2D eigenvalue weighted by Crippen LogP contribution is -2.33. The lowest BCUT2D eigenvalue weighted by Gasteiger charge is -2.19. The van der Waals surface area contributed by atoms with E-state index in [-0.39, 0.29) is 5.91 Å². The molecule has 0 rings (SSSR count). The van der Waals surface area contributed by atoms with Crippen LogP contribution in [-0.4, -0.2) is 43.9 Å². The van der Waals surface area contributed by atoms with Crippen molar-refractivity contribution in [3.63, 3.8) is 0 Å². The second-order valence-electron chi connectivity index (χ2n) is 5.85. The van der Waals surface area contributed by atoms with Crippen LogP contribution in [0.5, 0.6) is 0 Å².